The van der Waals surface area contributed by atoms with Gasteiger partial charge in [0.2, 0.25) is 0 Å². The van der Waals surface area contributed by atoms with Gasteiger partial charge in [-0.1, -0.05) is 0 Å². The first-order valence-electron chi connectivity index (χ1n) is 2.04. The van der Waals surface area contributed by atoms with Crippen LogP contribution < -0.4 is 5.11 Å². The molecule has 0 atom stereocenters. The van der Waals surface area contributed by atoms with Crippen LogP contribution in [0.15, 0.2) is 0 Å². The van der Waals surface area contributed by atoms with Crippen LogP contribution in [0.2, 0.25) is 0 Å². The summed E-state index contributed by atoms with van der Waals surface area (Å²) in [4.78, 5) is 19.3. The van der Waals surface area contributed by atoms with Gasteiger partial charge in [0.05, 0.1) is 0 Å². The normalized spacial score (nSPS) is 8.44. The Bertz CT molecular complexity index is 162. The molecule has 0 aromatic carbocycles. The SMILES string of the molecule is N=C(CC(=O)[O-])C(=O)O. The van der Waals surface area contributed by atoms with Gasteiger partial charge in [0.25, 0.3) is 0 Å². The van der Waals surface area contributed by atoms with Crippen molar-refractivity contribution in [3.63, 3.8) is 0 Å². The van der Waals surface area contributed by atoms with Crippen molar-refractivity contribution in [1.29, 1.82) is 5.41 Å². The zero-order valence-electron chi connectivity index (χ0n) is 4.38. The third-order valence-corrected chi connectivity index (χ3v) is 0.579. The minimum absolute atomic E-state index is 0.838. The van der Waals surface area contributed by atoms with Gasteiger partial charge in [-0.3, -0.25) is 5.41 Å². The third kappa shape index (κ3) is 3.22. The summed E-state index contributed by atoms with van der Waals surface area (Å²) < 4.78 is 0. The quantitative estimate of drug-likeness (QED) is 0.441. The summed E-state index contributed by atoms with van der Waals surface area (Å²) in [6.07, 6.45) is -0.838. The first kappa shape index (κ1) is 7.61. The Balaban J connectivity index is 3.79. The minimum atomic E-state index is -1.55. The monoisotopic (exact) mass is 130 g/mol. The standard InChI is InChI=1S/C4H5NO4/c5-2(4(8)9)1-3(6)7/h5H,1H2,(H,6,7)(H,8,9)/p-1. The molecule has 5 heteroatoms. The summed E-state index contributed by atoms with van der Waals surface area (Å²) in [5.41, 5.74) is -0.866. The molecule has 0 radical (unpaired) electrons. The second kappa shape index (κ2) is 2.81. The molecule has 50 valence electrons. The molecule has 0 aliphatic rings. The maximum atomic E-state index is 9.72. The Morgan fingerprint density at radius 2 is 2.00 bits per heavy atom. The van der Waals surface area contributed by atoms with E-state index >= 15 is 0 Å². The molecule has 0 aliphatic heterocycles. The van der Waals surface area contributed by atoms with Crippen molar-refractivity contribution in [1.82, 2.24) is 0 Å². The summed E-state index contributed by atoms with van der Waals surface area (Å²) in [5, 5.41) is 24.0. The highest BCUT2D eigenvalue weighted by molar-refractivity contribution is 6.37. The number of rotatable bonds is 3. The van der Waals surface area contributed by atoms with Crippen molar-refractivity contribution in [2.45, 2.75) is 6.42 Å². The van der Waals surface area contributed by atoms with Crippen molar-refractivity contribution in [3.05, 3.63) is 0 Å². The molecule has 0 heterocycles. The lowest BCUT2D eigenvalue weighted by Crippen LogP contribution is -2.27. The molecule has 0 aromatic rings. The molecule has 5 nitrogen and oxygen atoms in total. The van der Waals surface area contributed by atoms with Crippen LogP contribution >= 0.6 is 0 Å². The van der Waals surface area contributed by atoms with E-state index in [2.05, 4.69) is 0 Å². The fourth-order valence-electron chi connectivity index (χ4n) is 0.220. The Hall–Kier alpha value is -1.39. The second-order valence-electron chi connectivity index (χ2n) is 1.33. The Kier molecular flexibility index (Phi) is 2.37. The van der Waals surface area contributed by atoms with Crippen molar-refractivity contribution < 1.29 is 19.8 Å². The molecule has 0 saturated carbocycles. The van der Waals surface area contributed by atoms with Gasteiger partial charge in [-0.25, -0.2) is 4.79 Å². The molecule has 2 N–H and O–H groups in total. The molecular formula is C4H4NO4-. The van der Waals surface area contributed by atoms with Gasteiger partial charge in [0, 0.05) is 12.4 Å². The van der Waals surface area contributed by atoms with Crippen molar-refractivity contribution >= 4 is 17.7 Å². The zero-order chi connectivity index (χ0) is 7.44. The van der Waals surface area contributed by atoms with Crippen LogP contribution in [0.25, 0.3) is 0 Å². The smallest absolute Gasteiger partial charge is 0.349 e. The molecule has 0 bridgehead atoms. The van der Waals surface area contributed by atoms with Crippen LogP contribution in [0.1, 0.15) is 6.42 Å². The number of carbonyl (C=O) groups is 2. The van der Waals surface area contributed by atoms with E-state index < -0.39 is 24.1 Å². The van der Waals surface area contributed by atoms with Crippen molar-refractivity contribution in [2.24, 2.45) is 0 Å². The van der Waals surface area contributed by atoms with Crippen LogP contribution in [-0.2, 0) is 9.59 Å². The van der Waals surface area contributed by atoms with E-state index in [1.807, 2.05) is 0 Å². The number of carbonyl (C=O) groups excluding carboxylic acids is 1. The third-order valence-electron chi connectivity index (χ3n) is 0.579. The Morgan fingerprint density at radius 3 is 2.11 bits per heavy atom. The molecule has 0 spiro atoms. The molecule has 0 rings (SSSR count). The molecule has 0 saturated heterocycles. The molecular weight excluding hydrogens is 126 g/mol. The molecule has 0 aliphatic carbocycles. The average molecular weight is 130 g/mol. The fourth-order valence-corrected chi connectivity index (χ4v) is 0.220. The van der Waals surface area contributed by atoms with Gasteiger partial charge < -0.3 is 15.0 Å². The van der Waals surface area contributed by atoms with Crippen LogP contribution in [0.3, 0.4) is 0 Å². The lowest BCUT2D eigenvalue weighted by molar-refractivity contribution is -0.303. The first-order chi connectivity index (χ1) is 4.04. The van der Waals surface area contributed by atoms with Crippen LogP contribution in [0.4, 0.5) is 0 Å². The van der Waals surface area contributed by atoms with Gasteiger partial charge in [0.15, 0.2) is 0 Å². The summed E-state index contributed by atoms with van der Waals surface area (Å²) in [5.74, 6) is -3.08. The molecule has 0 amide bonds. The number of carboxylic acid groups (broad SMARTS) is 2. The van der Waals surface area contributed by atoms with Crippen LogP contribution in [-0.4, -0.2) is 22.8 Å². The largest absolute Gasteiger partial charge is 0.550 e. The topological polar surface area (TPSA) is 101 Å². The molecule has 0 fully saturated rings. The zero-order valence-corrected chi connectivity index (χ0v) is 4.38. The Labute approximate surface area is 50.4 Å². The highest BCUT2D eigenvalue weighted by Crippen LogP contribution is 1.79. The average Bonchev–Trinajstić information content (AvgIpc) is 1.63. The summed E-state index contributed by atoms with van der Waals surface area (Å²) >= 11 is 0. The highest BCUT2D eigenvalue weighted by atomic mass is 16.4. The van der Waals surface area contributed by atoms with E-state index in [1.165, 1.54) is 0 Å². The van der Waals surface area contributed by atoms with Gasteiger partial charge in [0.1, 0.15) is 5.71 Å². The maximum Gasteiger partial charge on any atom is 0.349 e. The van der Waals surface area contributed by atoms with Crippen molar-refractivity contribution in [3.8, 4) is 0 Å². The van der Waals surface area contributed by atoms with E-state index in [-0.39, 0.29) is 0 Å². The van der Waals surface area contributed by atoms with Gasteiger partial charge >= 0.3 is 5.97 Å². The highest BCUT2D eigenvalue weighted by Gasteiger charge is 2.04. The number of nitrogens with one attached hydrogen (secondary N) is 1. The number of hydrogen-bond acceptors (Lipinski definition) is 4. The predicted molar refractivity (Wildman–Crippen MR) is 25.0 cm³/mol. The molecule has 9 heavy (non-hydrogen) atoms. The van der Waals surface area contributed by atoms with E-state index in [1.54, 1.807) is 0 Å². The van der Waals surface area contributed by atoms with Gasteiger partial charge in [-0.05, 0) is 0 Å². The number of aliphatic carboxylic acids is 2. The number of carboxylic acids is 2. The summed E-state index contributed by atoms with van der Waals surface area (Å²) in [6.45, 7) is 0. The van der Waals surface area contributed by atoms with E-state index in [0.29, 0.717) is 0 Å². The Morgan fingerprint density at radius 1 is 1.56 bits per heavy atom. The lowest BCUT2D eigenvalue weighted by Gasteiger charge is -1.96. The second-order valence-corrected chi connectivity index (χ2v) is 1.33. The fraction of sp³-hybridized carbons (Fsp3) is 0.250. The first-order valence-corrected chi connectivity index (χ1v) is 2.04. The van der Waals surface area contributed by atoms with E-state index in [9.17, 15) is 14.7 Å². The van der Waals surface area contributed by atoms with Gasteiger partial charge in [-0.2, -0.15) is 0 Å². The van der Waals surface area contributed by atoms with E-state index in [4.69, 9.17) is 10.5 Å². The minimum Gasteiger partial charge on any atom is -0.550 e. The molecule has 0 unspecified atom stereocenters. The summed E-state index contributed by atoms with van der Waals surface area (Å²) in [7, 11) is 0. The van der Waals surface area contributed by atoms with Crippen LogP contribution in [0.5, 0.6) is 0 Å². The van der Waals surface area contributed by atoms with Crippen LogP contribution in [0, 0.1) is 5.41 Å². The van der Waals surface area contributed by atoms with Gasteiger partial charge in [-0.15, -0.1) is 0 Å². The molecule has 0 aromatic heterocycles. The van der Waals surface area contributed by atoms with E-state index in [0.717, 1.165) is 0 Å². The maximum absolute atomic E-state index is 9.72. The predicted octanol–water partition coefficient (Wildman–Crippen LogP) is -1.77. The number of hydrogen-bond donors (Lipinski definition) is 2. The van der Waals surface area contributed by atoms with Crippen molar-refractivity contribution in [2.75, 3.05) is 0 Å². The lowest BCUT2D eigenvalue weighted by atomic mass is 10.3. The summed E-state index contributed by atoms with van der Waals surface area (Å²) in [6, 6.07) is 0.